The normalized spacial score (nSPS) is 19.5. The quantitative estimate of drug-likeness (QED) is 0.0469. The number of pyridine rings is 2. The number of amides is 2. The number of nitriles is 2. The van der Waals surface area contributed by atoms with E-state index in [1.807, 2.05) is 111 Å². The molecule has 7 aliphatic rings. The smallest absolute Gasteiger partial charge is 0.334 e. The molecule has 15 rings (SSSR count). The standard InChI is InChI=1S/C37H42N8O4.C26H24N6O3.C11H20N2O2.C4H9N/c1-37(2,43-19-17-41(18-20-43)29-24-48-25-29)21-26(22-38)35(46)42-16-6-7-28(23-42)44-32-14-15-40-34(39)33(32)45(36(44)47)27-10-12-31(13-11-27)49-30-8-4-3-5-9-30;27-14-12-23(33)30-16-4-5-19(17-30)31-22-13-15-29-25(28)24(22)32(26(31)34)18-8-10-21(11-9-18)35-20-6-2-1-3-7-20;1-11(2,9-14)13-5-3-12(4-6-13)10-7-15-8-10;1-2-4-5-3-1/h3-5,8-15,21,28-29H,6-7,16-20,23-25H2,1-2H3,(H2,39,40);1-3,6-11,13,15,19H,4-5,12,16-17H2,(H2,28,29);9-10H,3-8H2,1-2H3;5H,1-4H2/t28-;19-;;/m11../s1. The van der Waals surface area contributed by atoms with Gasteiger partial charge in [-0.25, -0.2) is 19.6 Å². The summed E-state index contributed by atoms with van der Waals surface area (Å²) in [6.45, 7) is 23.4. The number of hydrogen-bond acceptors (Lipinski definition) is 20. The highest BCUT2D eigenvalue weighted by Gasteiger charge is 2.38. The van der Waals surface area contributed by atoms with Crippen LogP contribution in [-0.2, 0) is 23.9 Å². The van der Waals surface area contributed by atoms with Crippen LogP contribution >= 0.6 is 0 Å². The van der Waals surface area contributed by atoms with Gasteiger partial charge in [0.2, 0.25) is 5.91 Å². The average Bonchev–Trinajstić information content (AvgIpc) is 1.59. The van der Waals surface area contributed by atoms with Gasteiger partial charge in [-0.05, 0) is 170 Å². The molecule has 546 valence electrons. The van der Waals surface area contributed by atoms with Crippen molar-refractivity contribution in [1.82, 2.24) is 63.0 Å². The first kappa shape index (κ1) is 73.7. The highest BCUT2D eigenvalue weighted by Crippen LogP contribution is 2.34. The summed E-state index contributed by atoms with van der Waals surface area (Å²) in [6.07, 6.45) is 11.5. The molecular formula is C78H95N17O9. The molecular weight excluding hydrogens is 1320 g/mol. The number of ether oxygens (including phenoxy) is 4. The van der Waals surface area contributed by atoms with E-state index in [1.165, 1.54) is 25.9 Å². The van der Waals surface area contributed by atoms with Gasteiger partial charge in [0.05, 0.1) is 84.6 Å². The second-order valence-electron chi connectivity index (χ2n) is 28.4. The minimum atomic E-state index is -0.477. The number of nitrogen functional groups attached to an aromatic ring is 2. The highest BCUT2D eigenvalue weighted by molar-refractivity contribution is 5.97. The number of hydrogen-bond donors (Lipinski definition) is 3. The van der Waals surface area contributed by atoms with Crippen molar-refractivity contribution in [2.24, 2.45) is 0 Å². The van der Waals surface area contributed by atoms with E-state index in [-0.39, 0.29) is 64.4 Å². The zero-order chi connectivity index (χ0) is 72.9. The molecule has 2 atom stereocenters. The van der Waals surface area contributed by atoms with Crippen molar-refractivity contribution in [3.05, 3.63) is 166 Å². The number of aldehydes is 1. The Morgan fingerprint density at radius 1 is 0.558 bits per heavy atom. The molecule has 7 saturated heterocycles. The largest absolute Gasteiger partial charge is 0.457 e. The van der Waals surface area contributed by atoms with Crippen LogP contribution in [0.25, 0.3) is 33.4 Å². The van der Waals surface area contributed by atoms with Crippen molar-refractivity contribution in [2.75, 3.05) is 130 Å². The molecule has 0 bridgehead atoms. The molecule has 7 fully saturated rings. The lowest BCUT2D eigenvalue weighted by Crippen LogP contribution is -2.60. The Kier molecular flexibility index (Phi) is 23.8. The number of carbonyl (C=O) groups excluding carboxylic acids is 3. The molecule has 26 heteroatoms. The number of nitrogens with one attached hydrogen (secondary N) is 1. The van der Waals surface area contributed by atoms with E-state index in [9.17, 15) is 29.2 Å². The first-order chi connectivity index (χ1) is 50.4. The fourth-order valence-corrected chi connectivity index (χ4v) is 14.7. The molecule has 7 aliphatic heterocycles. The minimum absolute atomic E-state index is 0.126. The predicted molar refractivity (Wildman–Crippen MR) is 398 cm³/mol. The van der Waals surface area contributed by atoms with Crippen LogP contribution in [0.1, 0.15) is 84.7 Å². The van der Waals surface area contributed by atoms with E-state index in [0.717, 1.165) is 104 Å². The lowest BCUT2D eigenvalue weighted by atomic mass is 9.96. The van der Waals surface area contributed by atoms with Crippen molar-refractivity contribution in [2.45, 2.75) is 108 Å². The lowest BCUT2D eigenvalue weighted by Gasteiger charge is -2.46. The van der Waals surface area contributed by atoms with Gasteiger partial charge in [-0.15, -0.1) is 0 Å². The zero-order valence-electron chi connectivity index (χ0n) is 59.9. The molecule has 8 aromatic rings. The van der Waals surface area contributed by atoms with Crippen LogP contribution in [0, 0.1) is 22.7 Å². The fraction of sp³-hybridized carbons (Fsp3) is 0.449. The van der Waals surface area contributed by atoms with Gasteiger partial charge in [0.15, 0.2) is 0 Å². The number of nitrogens with two attached hydrogens (primary N) is 2. The van der Waals surface area contributed by atoms with Gasteiger partial charge in [-0.3, -0.25) is 47.5 Å². The first-order valence-corrected chi connectivity index (χ1v) is 36.2. The van der Waals surface area contributed by atoms with Crippen molar-refractivity contribution in [3.63, 3.8) is 0 Å². The monoisotopic (exact) mass is 1410 g/mol. The van der Waals surface area contributed by atoms with E-state index in [1.54, 1.807) is 76.9 Å². The van der Waals surface area contributed by atoms with Gasteiger partial charge >= 0.3 is 11.4 Å². The summed E-state index contributed by atoms with van der Waals surface area (Å²) in [5.41, 5.74) is 15.1. The first-order valence-electron chi connectivity index (χ1n) is 36.2. The molecule has 4 aromatic carbocycles. The van der Waals surface area contributed by atoms with Crippen LogP contribution < -0.4 is 37.6 Å². The average molecular weight is 1410 g/mol. The molecule has 0 radical (unpaired) electrons. The number of anilines is 2. The lowest BCUT2D eigenvalue weighted by molar-refractivity contribution is -0.131. The van der Waals surface area contributed by atoms with Crippen LogP contribution in [0.3, 0.4) is 0 Å². The third-order valence-corrected chi connectivity index (χ3v) is 20.8. The number of para-hydroxylation sites is 2. The number of benzene rings is 4. The maximum atomic E-state index is 14.3. The summed E-state index contributed by atoms with van der Waals surface area (Å²) in [5, 5.41) is 22.3. The number of fused-ring (bicyclic) bond motifs is 2. The van der Waals surface area contributed by atoms with Gasteiger partial charge in [0.1, 0.15) is 70.0 Å². The molecule has 4 aromatic heterocycles. The van der Waals surface area contributed by atoms with Gasteiger partial charge < -0.3 is 50.3 Å². The molecule has 0 aliphatic carbocycles. The van der Waals surface area contributed by atoms with E-state index in [0.29, 0.717) is 102 Å². The molecule has 5 N–H and O–H groups in total. The number of likely N-dealkylation sites (tertiary alicyclic amines) is 2. The number of imidazole rings is 2. The number of rotatable bonds is 16. The van der Waals surface area contributed by atoms with Crippen LogP contribution in [-0.4, -0.2) is 217 Å². The Labute approximate surface area is 606 Å². The molecule has 104 heavy (non-hydrogen) atoms. The second-order valence-corrected chi connectivity index (χ2v) is 28.4. The molecule has 2 amide bonds. The molecule has 0 saturated carbocycles. The minimum Gasteiger partial charge on any atom is -0.457 e. The number of nitrogens with zero attached hydrogens (tertiary/aromatic N) is 14. The number of piperazine rings is 2. The van der Waals surface area contributed by atoms with Crippen LogP contribution in [0.15, 0.2) is 155 Å². The van der Waals surface area contributed by atoms with Gasteiger partial charge in [-0.2, -0.15) is 10.5 Å². The Morgan fingerprint density at radius 2 is 0.981 bits per heavy atom. The second kappa shape index (κ2) is 33.6. The zero-order valence-corrected chi connectivity index (χ0v) is 59.9. The van der Waals surface area contributed by atoms with Crippen molar-refractivity contribution in [1.29, 1.82) is 10.5 Å². The Bertz CT molecular complexity index is 4490. The maximum absolute atomic E-state index is 14.3. The van der Waals surface area contributed by atoms with E-state index in [4.69, 9.17) is 35.7 Å². The van der Waals surface area contributed by atoms with Gasteiger partial charge in [0.25, 0.3) is 5.91 Å². The van der Waals surface area contributed by atoms with Crippen molar-refractivity contribution in [3.8, 4) is 46.5 Å². The highest BCUT2D eigenvalue weighted by atomic mass is 16.5. The van der Waals surface area contributed by atoms with E-state index < -0.39 is 5.54 Å². The Hall–Kier alpha value is -10.0. The SMILES string of the molecule is C1CCNC1.CC(C)(C=C(C#N)C(=O)N1CCC[C@@H](n2c(=O)n(-c3ccc(Oc4ccccc4)cc3)c3c(N)nccc32)C1)N1CCN(C2COC2)CC1.CC(C)(C=O)N1CCN(C2COC2)CC1.N#CCC(=O)N1CCC[C@@H](n2c(=O)n(-c3ccc(Oc4ccccc4)cc3)c3c(N)nccc32)C1. The van der Waals surface area contributed by atoms with Crippen molar-refractivity contribution >= 4 is 51.8 Å². The molecule has 11 heterocycles. The summed E-state index contributed by atoms with van der Waals surface area (Å²) in [7, 11) is 0. The van der Waals surface area contributed by atoms with Crippen LogP contribution in [0.5, 0.6) is 23.0 Å². The van der Waals surface area contributed by atoms with E-state index in [2.05, 4.69) is 54.8 Å². The van der Waals surface area contributed by atoms with Crippen molar-refractivity contribution < 1.29 is 33.3 Å². The third kappa shape index (κ3) is 16.9. The fourth-order valence-electron chi connectivity index (χ4n) is 14.7. The Balaban J connectivity index is 0.000000159. The maximum Gasteiger partial charge on any atom is 0.334 e. The molecule has 0 spiro atoms. The summed E-state index contributed by atoms with van der Waals surface area (Å²) in [6, 6.07) is 41.7. The topological polar surface area (TPSA) is 299 Å². The summed E-state index contributed by atoms with van der Waals surface area (Å²) in [5.74, 6) is 2.66. The molecule has 0 unspecified atom stereocenters. The summed E-state index contributed by atoms with van der Waals surface area (Å²) < 4.78 is 29.0. The van der Waals surface area contributed by atoms with Crippen LogP contribution in [0.2, 0.25) is 0 Å². The summed E-state index contributed by atoms with van der Waals surface area (Å²) in [4.78, 5) is 86.6. The molecule has 26 nitrogen and oxygen atoms in total. The predicted octanol–water partition coefficient (Wildman–Crippen LogP) is 7.96. The van der Waals surface area contributed by atoms with Gasteiger partial charge in [-0.1, -0.05) is 36.4 Å². The number of aromatic nitrogens is 6. The van der Waals surface area contributed by atoms with Crippen LogP contribution in [0.4, 0.5) is 11.6 Å². The third-order valence-electron chi connectivity index (χ3n) is 20.8. The van der Waals surface area contributed by atoms with E-state index >= 15 is 0 Å². The number of carbonyl (C=O) groups is 3. The Morgan fingerprint density at radius 3 is 1.38 bits per heavy atom. The van der Waals surface area contributed by atoms with Gasteiger partial charge in [0, 0.05) is 96.5 Å². The summed E-state index contributed by atoms with van der Waals surface area (Å²) >= 11 is 0. The number of piperidine rings is 2.